The fourth-order valence-electron chi connectivity index (χ4n) is 4.80. The fraction of sp³-hybridized carbons (Fsp3) is 0.500. The molecule has 168 valence electrons. The van der Waals surface area contributed by atoms with Crippen LogP contribution in [0.25, 0.3) is 0 Å². The minimum atomic E-state index is -0.311. The van der Waals surface area contributed by atoms with E-state index < -0.39 is 0 Å². The molecular weight excluding hydrogens is 386 g/mol. The molecule has 2 aromatic rings. The van der Waals surface area contributed by atoms with Gasteiger partial charge < -0.3 is 21.1 Å². The van der Waals surface area contributed by atoms with Gasteiger partial charge in [-0.3, -0.25) is 4.79 Å². The Morgan fingerprint density at radius 1 is 1.26 bits per heavy atom. The van der Waals surface area contributed by atoms with E-state index in [1.165, 1.54) is 11.1 Å². The first kappa shape index (κ1) is 23.3. The van der Waals surface area contributed by atoms with Gasteiger partial charge in [0.05, 0.1) is 6.54 Å². The minimum Gasteiger partial charge on any atom is -0.508 e. The number of nitrogens with two attached hydrogens (primary N) is 1. The Kier molecular flexibility index (Phi) is 8.10. The van der Waals surface area contributed by atoms with Crippen molar-refractivity contribution >= 4 is 5.91 Å². The van der Waals surface area contributed by atoms with Crippen molar-refractivity contribution in [1.82, 2.24) is 10.2 Å². The first-order valence-electron chi connectivity index (χ1n) is 11.4. The van der Waals surface area contributed by atoms with Crippen LogP contribution >= 0.6 is 0 Å². The highest BCUT2D eigenvalue weighted by Crippen LogP contribution is 2.40. The monoisotopic (exact) mass is 423 g/mol. The van der Waals surface area contributed by atoms with Gasteiger partial charge in [0.15, 0.2) is 0 Å². The Labute approximate surface area is 186 Å². The number of nitrogens with one attached hydrogen (secondary N) is 1. The van der Waals surface area contributed by atoms with E-state index in [4.69, 9.17) is 5.73 Å². The molecule has 4 N–H and O–H groups in total. The summed E-state index contributed by atoms with van der Waals surface area (Å²) in [5, 5.41) is 13.1. The normalized spacial score (nSPS) is 22.8. The highest BCUT2D eigenvalue weighted by molar-refractivity contribution is 5.75. The maximum absolute atomic E-state index is 11.1. The molecule has 1 amide bonds. The third-order valence-electron chi connectivity index (χ3n) is 7.03. The van der Waals surface area contributed by atoms with Crippen LogP contribution in [0.2, 0.25) is 0 Å². The predicted molar refractivity (Wildman–Crippen MR) is 126 cm³/mol. The molecule has 1 fully saturated rings. The number of nitrogens with zero attached hydrogens (tertiary/aromatic N) is 1. The Bertz CT molecular complexity index is 842. The van der Waals surface area contributed by atoms with Crippen LogP contribution in [0.1, 0.15) is 37.8 Å². The lowest BCUT2D eigenvalue weighted by Gasteiger charge is -2.45. The summed E-state index contributed by atoms with van der Waals surface area (Å²) in [6.45, 7) is 8.84. The molecule has 1 saturated heterocycles. The van der Waals surface area contributed by atoms with Crippen LogP contribution in [0.15, 0.2) is 54.6 Å². The molecule has 1 heterocycles. The molecule has 0 bridgehead atoms. The van der Waals surface area contributed by atoms with E-state index in [0.29, 0.717) is 17.6 Å². The third-order valence-corrected chi connectivity index (χ3v) is 7.03. The first-order valence-corrected chi connectivity index (χ1v) is 11.4. The topological polar surface area (TPSA) is 78.6 Å². The molecule has 0 radical (unpaired) electrons. The smallest absolute Gasteiger partial charge is 0.231 e. The number of hydrogen-bond acceptors (Lipinski definition) is 4. The van der Waals surface area contributed by atoms with Crippen molar-refractivity contribution in [2.24, 2.45) is 17.6 Å². The molecule has 2 aromatic carbocycles. The lowest BCUT2D eigenvalue weighted by atomic mass is 9.68. The maximum Gasteiger partial charge on any atom is 0.231 e. The van der Waals surface area contributed by atoms with E-state index in [2.05, 4.69) is 54.4 Å². The van der Waals surface area contributed by atoms with E-state index in [-0.39, 0.29) is 17.9 Å². The summed E-state index contributed by atoms with van der Waals surface area (Å²) in [4.78, 5) is 13.7. The molecular formula is C26H37N3O2. The van der Waals surface area contributed by atoms with Crippen molar-refractivity contribution in [2.45, 2.75) is 38.5 Å². The number of amides is 1. The van der Waals surface area contributed by atoms with Gasteiger partial charge >= 0.3 is 0 Å². The number of aromatic hydroxyl groups is 1. The van der Waals surface area contributed by atoms with Crippen molar-refractivity contribution < 1.29 is 9.90 Å². The number of rotatable bonds is 10. The number of piperidine rings is 1. The summed E-state index contributed by atoms with van der Waals surface area (Å²) in [5.74, 6) is 0.996. The van der Waals surface area contributed by atoms with Gasteiger partial charge in [-0.15, -0.1) is 0 Å². The van der Waals surface area contributed by atoms with Crippen LogP contribution in [-0.4, -0.2) is 48.6 Å². The molecule has 3 atom stereocenters. The van der Waals surface area contributed by atoms with Gasteiger partial charge in [-0.1, -0.05) is 56.3 Å². The second-order valence-electron chi connectivity index (χ2n) is 9.36. The molecule has 0 spiro atoms. The zero-order valence-electron chi connectivity index (χ0n) is 18.9. The van der Waals surface area contributed by atoms with Gasteiger partial charge in [0.25, 0.3) is 0 Å². The van der Waals surface area contributed by atoms with Crippen LogP contribution in [0.4, 0.5) is 0 Å². The molecule has 0 aromatic heterocycles. The number of primary amides is 1. The van der Waals surface area contributed by atoms with Gasteiger partial charge in [-0.05, 0) is 79.4 Å². The largest absolute Gasteiger partial charge is 0.508 e. The van der Waals surface area contributed by atoms with E-state index in [1.54, 1.807) is 6.07 Å². The Balaban J connectivity index is 1.56. The number of hydrogen-bond donors (Lipinski definition) is 3. The van der Waals surface area contributed by atoms with E-state index in [9.17, 15) is 9.90 Å². The number of carbonyl (C=O) groups excluding carboxylic acids is 1. The van der Waals surface area contributed by atoms with Crippen molar-refractivity contribution in [3.05, 3.63) is 65.7 Å². The Hall–Kier alpha value is -2.37. The SMILES string of the molecule is CC1CN(CCC(CNCC(N)=O)Cc2ccccc2)CCC1(C)c1cccc(O)c1. The number of benzene rings is 2. The van der Waals surface area contributed by atoms with E-state index in [0.717, 1.165) is 45.4 Å². The number of phenols is 1. The van der Waals surface area contributed by atoms with Gasteiger partial charge in [0, 0.05) is 6.54 Å². The van der Waals surface area contributed by atoms with Gasteiger partial charge in [-0.25, -0.2) is 0 Å². The molecule has 1 aliphatic rings. The third kappa shape index (κ3) is 6.55. The Morgan fingerprint density at radius 2 is 2.03 bits per heavy atom. The summed E-state index contributed by atoms with van der Waals surface area (Å²) in [5.41, 5.74) is 7.94. The highest BCUT2D eigenvalue weighted by atomic mass is 16.3. The van der Waals surface area contributed by atoms with E-state index in [1.807, 2.05) is 18.2 Å². The summed E-state index contributed by atoms with van der Waals surface area (Å²) in [6, 6.07) is 18.3. The fourth-order valence-corrected chi connectivity index (χ4v) is 4.80. The molecule has 0 aliphatic carbocycles. The molecule has 0 saturated carbocycles. The number of likely N-dealkylation sites (tertiary alicyclic amines) is 1. The molecule has 5 heteroatoms. The minimum absolute atomic E-state index is 0.0850. The van der Waals surface area contributed by atoms with Crippen LogP contribution in [0, 0.1) is 11.8 Å². The van der Waals surface area contributed by atoms with Crippen LogP contribution < -0.4 is 11.1 Å². The predicted octanol–water partition coefficient (Wildman–Crippen LogP) is 3.32. The van der Waals surface area contributed by atoms with Crippen LogP contribution in [-0.2, 0) is 16.6 Å². The summed E-state index contributed by atoms with van der Waals surface area (Å²) >= 11 is 0. The van der Waals surface area contributed by atoms with Crippen LogP contribution in [0.5, 0.6) is 5.75 Å². The highest BCUT2D eigenvalue weighted by Gasteiger charge is 2.38. The van der Waals surface area contributed by atoms with Crippen molar-refractivity contribution in [2.75, 3.05) is 32.7 Å². The standard InChI is InChI=1S/C26H37N3O2/c1-20-19-29(14-12-26(20,2)23-9-6-10-24(30)16-23)13-11-22(17-28-18-25(27)31)15-21-7-4-3-5-8-21/h3-10,16,20,22,28,30H,11-15,17-19H2,1-2H3,(H2,27,31). The van der Waals surface area contributed by atoms with Crippen molar-refractivity contribution in [3.8, 4) is 5.75 Å². The maximum atomic E-state index is 11.1. The average molecular weight is 424 g/mol. The second kappa shape index (κ2) is 10.8. The first-order chi connectivity index (χ1) is 14.9. The van der Waals surface area contributed by atoms with Crippen molar-refractivity contribution in [1.29, 1.82) is 0 Å². The molecule has 3 unspecified atom stereocenters. The lowest BCUT2D eigenvalue weighted by Crippen LogP contribution is -2.48. The number of phenolic OH excluding ortho intramolecular Hbond substituents is 1. The molecule has 1 aliphatic heterocycles. The Morgan fingerprint density at radius 3 is 2.71 bits per heavy atom. The van der Waals surface area contributed by atoms with Gasteiger partial charge in [0.1, 0.15) is 5.75 Å². The molecule has 31 heavy (non-hydrogen) atoms. The molecule has 5 nitrogen and oxygen atoms in total. The summed E-state index contributed by atoms with van der Waals surface area (Å²) < 4.78 is 0. The summed E-state index contributed by atoms with van der Waals surface area (Å²) in [7, 11) is 0. The van der Waals surface area contributed by atoms with E-state index >= 15 is 0 Å². The zero-order valence-corrected chi connectivity index (χ0v) is 18.9. The lowest BCUT2D eigenvalue weighted by molar-refractivity contribution is -0.117. The van der Waals surface area contributed by atoms with Crippen molar-refractivity contribution in [3.63, 3.8) is 0 Å². The van der Waals surface area contributed by atoms with Gasteiger partial charge in [-0.2, -0.15) is 0 Å². The van der Waals surface area contributed by atoms with Crippen LogP contribution in [0.3, 0.4) is 0 Å². The quantitative estimate of drug-likeness (QED) is 0.548. The second-order valence-corrected chi connectivity index (χ2v) is 9.36. The van der Waals surface area contributed by atoms with Gasteiger partial charge in [0.2, 0.25) is 5.91 Å². The number of carbonyl (C=O) groups is 1. The molecule has 3 rings (SSSR count). The summed E-state index contributed by atoms with van der Waals surface area (Å²) in [6.07, 6.45) is 3.16. The zero-order chi connectivity index (χ0) is 22.3. The average Bonchev–Trinajstić information content (AvgIpc) is 2.75.